The third-order valence-electron chi connectivity index (χ3n) is 5.48. The molecule has 2 atom stereocenters. The molecule has 0 heterocycles. The Morgan fingerprint density at radius 1 is 1.10 bits per heavy atom. The van der Waals surface area contributed by atoms with Crippen molar-refractivity contribution in [2.45, 2.75) is 31.8 Å². The number of fused-ring (bicyclic) bond motifs is 3. The van der Waals surface area contributed by atoms with Gasteiger partial charge in [0.25, 0.3) is 0 Å². The topological polar surface area (TPSA) is 95.9 Å². The molecule has 3 rings (SSSR count). The number of aliphatic carboxylic acids is 1. The van der Waals surface area contributed by atoms with Gasteiger partial charge in [-0.1, -0.05) is 54.6 Å². The first-order chi connectivity index (χ1) is 14.8. The van der Waals surface area contributed by atoms with E-state index >= 15 is 0 Å². The molecule has 2 aromatic rings. The van der Waals surface area contributed by atoms with Gasteiger partial charge in [0, 0.05) is 12.5 Å². The van der Waals surface area contributed by atoms with Gasteiger partial charge in [-0.25, -0.2) is 9.59 Å². The average Bonchev–Trinajstić information content (AvgIpc) is 3.08. The first-order valence-corrected chi connectivity index (χ1v) is 10.1. The summed E-state index contributed by atoms with van der Waals surface area (Å²) >= 11 is 0. The molecule has 0 saturated heterocycles. The SMILES string of the molecule is C=CCN(C(=O)[C@H](C)NC(=O)OCC1c2ccccc2-c2ccccc21)[C@@H](C)C(=O)O. The second-order valence-corrected chi connectivity index (χ2v) is 7.49. The van der Waals surface area contributed by atoms with E-state index in [0.29, 0.717) is 0 Å². The molecule has 162 valence electrons. The number of carboxylic acids is 1. The van der Waals surface area contributed by atoms with Crippen molar-refractivity contribution in [3.05, 3.63) is 72.3 Å². The number of rotatable bonds is 8. The highest BCUT2D eigenvalue weighted by molar-refractivity contribution is 5.89. The summed E-state index contributed by atoms with van der Waals surface area (Å²) in [4.78, 5) is 37.4. The van der Waals surface area contributed by atoms with Gasteiger partial charge in [-0.2, -0.15) is 0 Å². The van der Waals surface area contributed by atoms with E-state index in [0.717, 1.165) is 27.2 Å². The second-order valence-electron chi connectivity index (χ2n) is 7.49. The maximum Gasteiger partial charge on any atom is 0.407 e. The number of hydrogen-bond acceptors (Lipinski definition) is 4. The molecule has 0 spiro atoms. The number of benzene rings is 2. The van der Waals surface area contributed by atoms with E-state index in [1.165, 1.54) is 19.9 Å². The van der Waals surface area contributed by atoms with Crippen molar-refractivity contribution in [1.82, 2.24) is 10.2 Å². The molecular formula is C24H26N2O5. The molecule has 0 radical (unpaired) electrons. The van der Waals surface area contributed by atoms with Crippen LogP contribution in [-0.2, 0) is 14.3 Å². The number of alkyl carbamates (subject to hydrolysis) is 1. The Labute approximate surface area is 181 Å². The maximum absolute atomic E-state index is 12.6. The van der Waals surface area contributed by atoms with Crippen LogP contribution in [0.4, 0.5) is 4.79 Å². The summed E-state index contributed by atoms with van der Waals surface area (Å²) in [6, 6.07) is 14.0. The number of carboxylic acid groups (broad SMARTS) is 1. The third-order valence-corrected chi connectivity index (χ3v) is 5.48. The van der Waals surface area contributed by atoms with Crippen LogP contribution in [-0.4, -0.2) is 53.2 Å². The predicted molar refractivity (Wildman–Crippen MR) is 117 cm³/mol. The lowest BCUT2D eigenvalue weighted by Gasteiger charge is -2.28. The summed E-state index contributed by atoms with van der Waals surface area (Å²) in [6.07, 6.45) is 0.710. The second kappa shape index (κ2) is 9.47. The fourth-order valence-electron chi connectivity index (χ4n) is 3.84. The van der Waals surface area contributed by atoms with Crippen molar-refractivity contribution in [1.29, 1.82) is 0 Å². The number of carbonyl (C=O) groups excluding carboxylic acids is 2. The van der Waals surface area contributed by atoms with Crippen molar-refractivity contribution in [2.75, 3.05) is 13.2 Å². The highest BCUT2D eigenvalue weighted by atomic mass is 16.5. The number of carbonyl (C=O) groups is 3. The number of amides is 2. The molecule has 7 heteroatoms. The zero-order chi connectivity index (χ0) is 22.5. The summed E-state index contributed by atoms with van der Waals surface area (Å²) in [5.41, 5.74) is 4.43. The lowest BCUT2D eigenvalue weighted by molar-refractivity contribution is -0.149. The minimum Gasteiger partial charge on any atom is -0.480 e. The lowest BCUT2D eigenvalue weighted by Crippen LogP contribution is -2.52. The Morgan fingerprint density at radius 3 is 2.16 bits per heavy atom. The summed E-state index contributed by atoms with van der Waals surface area (Å²) in [7, 11) is 0. The number of ether oxygens (including phenoxy) is 1. The quantitative estimate of drug-likeness (QED) is 0.636. The standard InChI is InChI=1S/C24H26N2O5/c1-4-13-26(16(3)23(28)29)22(27)15(2)25-24(30)31-14-21-19-11-7-5-9-17(19)18-10-6-8-12-20(18)21/h4-12,15-16,21H,1,13-14H2,2-3H3,(H,25,30)(H,28,29)/t15-,16-/m0/s1. The minimum absolute atomic E-state index is 0.0585. The van der Waals surface area contributed by atoms with Crippen LogP contribution in [0.15, 0.2) is 61.2 Å². The van der Waals surface area contributed by atoms with E-state index < -0.39 is 30.1 Å². The average molecular weight is 422 g/mol. The molecule has 1 aliphatic carbocycles. The monoisotopic (exact) mass is 422 g/mol. The van der Waals surface area contributed by atoms with Crippen LogP contribution in [0.1, 0.15) is 30.9 Å². The van der Waals surface area contributed by atoms with Crippen molar-refractivity contribution in [3.63, 3.8) is 0 Å². The van der Waals surface area contributed by atoms with E-state index in [2.05, 4.69) is 11.9 Å². The van der Waals surface area contributed by atoms with Gasteiger partial charge in [0.2, 0.25) is 5.91 Å². The number of nitrogens with one attached hydrogen (secondary N) is 1. The van der Waals surface area contributed by atoms with Crippen LogP contribution in [0.2, 0.25) is 0 Å². The number of hydrogen-bond donors (Lipinski definition) is 2. The van der Waals surface area contributed by atoms with E-state index in [4.69, 9.17) is 4.74 Å². The van der Waals surface area contributed by atoms with Crippen LogP contribution in [0.25, 0.3) is 11.1 Å². The van der Waals surface area contributed by atoms with Gasteiger partial charge in [-0.3, -0.25) is 4.79 Å². The molecule has 0 aliphatic heterocycles. The Bertz CT molecular complexity index is 957. The Hall–Kier alpha value is -3.61. The molecule has 0 fully saturated rings. The van der Waals surface area contributed by atoms with Gasteiger partial charge in [0.15, 0.2) is 0 Å². The lowest BCUT2D eigenvalue weighted by atomic mass is 9.98. The Morgan fingerprint density at radius 2 is 1.65 bits per heavy atom. The molecule has 0 unspecified atom stereocenters. The van der Waals surface area contributed by atoms with Crippen molar-refractivity contribution < 1.29 is 24.2 Å². The van der Waals surface area contributed by atoms with Gasteiger partial charge in [-0.15, -0.1) is 6.58 Å². The molecule has 7 nitrogen and oxygen atoms in total. The van der Waals surface area contributed by atoms with E-state index in [1.807, 2.05) is 48.5 Å². The number of nitrogens with zero attached hydrogens (tertiary/aromatic N) is 1. The summed E-state index contributed by atoms with van der Waals surface area (Å²) in [5.74, 6) is -1.75. The van der Waals surface area contributed by atoms with Gasteiger partial charge in [0.1, 0.15) is 18.7 Å². The summed E-state index contributed by atoms with van der Waals surface area (Å²) in [6.45, 7) is 6.64. The third kappa shape index (κ3) is 4.60. The first-order valence-electron chi connectivity index (χ1n) is 10.1. The van der Waals surface area contributed by atoms with Crippen LogP contribution in [0, 0.1) is 0 Å². The minimum atomic E-state index is -1.14. The summed E-state index contributed by atoms with van der Waals surface area (Å²) < 4.78 is 5.45. The highest BCUT2D eigenvalue weighted by Crippen LogP contribution is 2.44. The zero-order valence-electron chi connectivity index (χ0n) is 17.6. The molecule has 2 aromatic carbocycles. The predicted octanol–water partition coefficient (Wildman–Crippen LogP) is 3.40. The van der Waals surface area contributed by atoms with E-state index in [-0.39, 0.29) is 19.1 Å². The largest absolute Gasteiger partial charge is 0.480 e. The Kier molecular flexibility index (Phi) is 6.74. The van der Waals surface area contributed by atoms with Crippen molar-refractivity contribution >= 4 is 18.0 Å². The molecule has 2 N–H and O–H groups in total. The molecule has 1 aliphatic rings. The van der Waals surface area contributed by atoms with E-state index in [1.54, 1.807) is 0 Å². The molecule has 0 aromatic heterocycles. The van der Waals surface area contributed by atoms with Gasteiger partial charge < -0.3 is 20.1 Å². The van der Waals surface area contributed by atoms with Crippen molar-refractivity contribution in [2.24, 2.45) is 0 Å². The Balaban J connectivity index is 1.64. The zero-order valence-corrected chi connectivity index (χ0v) is 17.6. The smallest absolute Gasteiger partial charge is 0.407 e. The first kappa shape index (κ1) is 22.1. The molecule has 31 heavy (non-hydrogen) atoms. The molecule has 0 bridgehead atoms. The maximum atomic E-state index is 12.6. The van der Waals surface area contributed by atoms with Gasteiger partial charge in [-0.05, 0) is 36.1 Å². The normalized spacial score (nSPS) is 14.0. The van der Waals surface area contributed by atoms with Crippen LogP contribution < -0.4 is 5.32 Å². The fourth-order valence-corrected chi connectivity index (χ4v) is 3.84. The van der Waals surface area contributed by atoms with Gasteiger partial charge >= 0.3 is 12.1 Å². The summed E-state index contributed by atoms with van der Waals surface area (Å²) in [5, 5.41) is 11.7. The van der Waals surface area contributed by atoms with Crippen LogP contribution >= 0.6 is 0 Å². The molecular weight excluding hydrogens is 396 g/mol. The fraction of sp³-hybridized carbons (Fsp3) is 0.292. The molecule has 0 saturated carbocycles. The van der Waals surface area contributed by atoms with Crippen molar-refractivity contribution in [3.8, 4) is 11.1 Å². The highest BCUT2D eigenvalue weighted by Gasteiger charge is 2.31. The van der Waals surface area contributed by atoms with Gasteiger partial charge in [0.05, 0.1) is 0 Å². The van der Waals surface area contributed by atoms with Crippen LogP contribution in [0.3, 0.4) is 0 Å². The van der Waals surface area contributed by atoms with E-state index in [9.17, 15) is 19.5 Å². The molecule has 2 amide bonds. The van der Waals surface area contributed by atoms with Crippen LogP contribution in [0.5, 0.6) is 0 Å².